The van der Waals surface area contributed by atoms with Crippen molar-refractivity contribution >= 4 is 68.7 Å². The number of nitrogens with zero attached hydrogens (tertiary/aromatic N) is 8. The maximum Gasteiger partial charge on any atom is 0.240 e. The molecule has 0 spiro atoms. The van der Waals surface area contributed by atoms with Gasteiger partial charge in [0, 0.05) is 48.6 Å². The van der Waals surface area contributed by atoms with Gasteiger partial charge in [0.2, 0.25) is 11.8 Å². The molecule has 16 nitrogen and oxygen atoms in total. The van der Waals surface area contributed by atoms with E-state index in [1.165, 1.54) is 0 Å². The zero-order chi connectivity index (χ0) is 45.4. The van der Waals surface area contributed by atoms with Crippen LogP contribution in [0.5, 0.6) is 0 Å². The summed E-state index contributed by atoms with van der Waals surface area (Å²) in [5.74, 6) is 1.54. The minimum absolute atomic E-state index is 0.106. The normalized spacial score (nSPS) is 17.0. The molecule has 8 rings (SSSR count). The van der Waals surface area contributed by atoms with Crippen molar-refractivity contribution in [2.45, 2.75) is 61.7 Å². The third-order valence-electron chi connectivity index (χ3n) is 12.4. The number of carbonyl (C=O) groups excluding carboxylic acids is 2. The monoisotopic (exact) mass is 910 g/mol. The third kappa shape index (κ3) is 11.3. The van der Waals surface area contributed by atoms with Crippen molar-refractivity contribution in [3.8, 4) is 0 Å². The molecule has 340 valence electrons. The van der Waals surface area contributed by atoms with Crippen molar-refractivity contribution in [2.24, 2.45) is 11.5 Å². The highest BCUT2D eigenvalue weighted by molar-refractivity contribution is 6.30. The van der Waals surface area contributed by atoms with Gasteiger partial charge in [-0.25, -0.2) is 19.9 Å². The number of hydrogen-bond donors (Lipinski definition) is 6. The number of nitrogens with one attached hydrogen (secondary N) is 4. The van der Waals surface area contributed by atoms with Crippen molar-refractivity contribution < 1.29 is 9.59 Å². The van der Waals surface area contributed by atoms with Crippen LogP contribution in [0.4, 0.5) is 11.6 Å². The van der Waals surface area contributed by atoms with E-state index in [2.05, 4.69) is 60.1 Å². The van der Waals surface area contributed by atoms with Gasteiger partial charge in [-0.1, -0.05) is 47.5 Å². The Morgan fingerprint density at radius 3 is 1.33 bits per heavy atom. The Balaban J connectivity index is 0.000000191. The Hall–Kier alpha value is -5.36. The molecule has 8 N–H and O–H groups in total. The van der Waals surface area contributed by atoms with E-state index in [0.29, 0.717) is 61.9 Å². The predicted molar refractivity (Wildman–Crippen MR) is 256 cm³/mol. The fourth-order valence-electron chi connectivity index (χ4n) is 8.32. The Kier molecular flexibility index (Phi) is 15.0. The van der Waals surface area contributed by atoms with Gasteiger partial charge in [0.25, 0.3) is 0 Å². The summed E-state index contributed by atoms with van der Waals surface area (Å²) in [6.07, 6.45) is 10.6. The Morgan fingerprint density at radius 2 is 0.984 bits per heavy atom. The smallest absolute Gasteiger partial charge is 0.240 e. The predicted octanol–water partition coefficient (Wildman–Crippen LogP) is 5.44. The van der Waals surface area contributed by atoms with E-state index in [1.807, 2.05) is 101 Å². The average molecular weight is 912 g/mol. The second-order valence-electron chi connectivity index (χ2n) is 17.5. The largest absolute Gasteiger partial charge is 0.356 e. The van der Waals surface area contributed by atoms with Gasteiger partial charge in [-0.2, -0.15) is 0 Å². The molecule has 0 radical (unpaired) electrons. The number of hydrogen-bond acceptors (Lipinski definition) is 12. The highest BCUT2D eigenvalue weighted by atomic mass is 35.5. The average Bonchev–Trinajstić information content (AvgIpc) is 3.99. The molecule has 18 heteroatoms. The number of aromatic nitrogens is 6. The molecule has 0 bridgehead atoms. The first-order chi connectivity index (χ1) is 30.7. The number of fused-ring (bicyclic) bond motifs is 2. The fraction of sp³-hybridized carbons (Fsp3) is 0.435. The molecule has 6 heterocycles. The molecule has 2 aliphatic heterocycles. The van der Waals surface area contributed by atoms with E-state index in [4.69, 9.17) is 34.7 Å². The number of aromatic amines is 2. The van der Waals surface area contributed by atoms with E-state index in [-0.39, 0.29) is 23.9 Å². The Labute approximate surface area is 384 Å². The zero-order valence-electron chi connectivity index (χ0n) is 37.0. The molecule has 2 saturated heterocycles. The van der Waals surface area contributed by atoms with E-state index in [9.17, 15) is 9.59 Å². The first-order valence-electron chi connectivity index (χ1n) is 21.8. The van der Waals surface area contributed by atoms with Crippen LogP contribution >= 0.6 is 23.2 Å². The number of halogens is 2. The first-order valence-corrected chi connectivity index (χ1v) is 22.5. The summed E-state index contributed by atoms with van der Waals surface area (Å²) in [6, 6.07) is 19.0. The molecule has 0 saturated carbocycles. The van der Waals surface area contributed by atoms with Crippen molar-refractivity contribution in [2.75, 3.05) is 77.3 Å². The van der Waals surface area contributed by atoms with E-state index in [1.54, 1.807) is 12.7 Å². The summed E-state index contributed by atoms with van der Waals surface area (Å²) < 4.78 is 0. The zero-order valence-corrected chi connectivity index (χ0v) is 38.5. The SMILES string of the molecule is CN(C)CC[C@@H](NC(=O)C1(N)CCN(c2ncnc3[nH]ccc23)CC1)c1ccc(Cl)cc1.CN(C)CC[C@H](NC(=O)C1(N)CCN(c2ncnc3[nH]ccc23)CC1)c1ccc(Cl)cc1. The Bertz CT molecular complexity index is 2290. The highest BCUT2D eigenvalue weighted by Crippen LogP contribution is 2.31. The van der Waals surface area contributed by atoms with Crippen LogP contribution in [-0.4, -0.2) is 130 Å². The molecule has 2 amide bonds. The fourth-order valence-corrected chi connectivity index (χ4v) is 8.58. The molecular weight excluding hydrogens is 852 g/mol. The first kappa shape index (κ1) is 46.6. The number of benzene rings is 2. The van der Waals surface area contributed by atoms with Crippen molar-refractivity contribution in [1.82, 2.24) is 50.3 Å². The van der Waals surface area contributed by atoms with E-state index < -0.39 is 11.1 Å². The van der Waals surface area contributed by atoms with Gasteiger partial charge in [0.15, 0.2) is 0 Å². The lowest BCUT2D eigenvalue weighted by Crippen LogP contribution is -2.60. The van der Waals surface area contributed by atoms with Gasteiger partial charge in [0.05, 0.1) is 33.9 Å². The summed E-state index contributed by atoms with van der Waals surface area (Å²) in [5.41, 5.74) is 15.1. The second-order valence-corrected chi connectivity index (χ2v) is 18.4. The van der Waals surface area contributed by atoms with E-state index in [0.717, 1.165) is 70.8 Å². The summed E-state index contributed by atoms with van der Waals surface area (Å²) >= 11 is 12.1. The van der Waals surface area contributed by atoms with Crippen LogP contribution in [0.25, 0.3) is 22.1 Å². The summed E-state index contributed by atoms with van der Waals surface area (Å²) in [7, 11) is 8.09. The van der Waals surface area contributed by atoms with Gasteiger partial charge in [-0.15, -0.1) is 0 Å². The van der Waals surface area contributed by atoms with Crippen molar-refractivity contribution in [1.29, 1.82) is 0 Å². The molecule has 2 aliphatic rings. The van der Waals surface area contributed by atoms with Gasteiger partial charge >= 0.3 is 0 Å². The molecular formula is C46H60Cl2N14O2. The van der Waals surface area contributed by atoms with Crippen LogP contribution in [0, 0.1) is 0 Å². The topological polar surface area (TPSA) is 206 Å². The molecule has 2 aromatic carbocycles. The van der Waals surface area contributed by atoms with Crippen molar-refractivity contribution in [3.05, 3.63) is 107 Å². The number of anilines is 2. The maximum absolute atomic E-state index is 13.3. The number of amides is 2. The standard InChI is InChI=1S/2C23H30ClN7O/c2*1-30(2)12-8-19(16-3-5-17(24)6-4-16)29-22(32)23(25)9-13-31(14-10-23)21-18-7-11-26-20(18)27-15-28-21/h2*3-7,11,15,19H,8-10,12-14,25H2,1-2H3,(H,29,32)(H,26,27,28)/t2*19-/m10/s1. The molecule has 2 atom stereocenters. The molecule has 0 unspecified atom stereocenters. The van der Waals surface area contributed by atoms with Crippen LogP contribution in [0.2, 0.25) is 10.0 Å². The molecule has 4 aromatic heterocycles. The molecule has 0 aliphatic carbocycles. The van der Waals surface area contributed by atoms with Crippen LogP contribution in [0.1, 0.15) is 61.7 Å². The summed E-state index contributed by atoms with van der Waals surface area (Å²) in [6.45, 7) is 4.32. The number of nitrogens with two attached hydrogens (primary N) is 2. The van der Waals surface area contributed by atoms with Crippen LogP contribution in [0.3, 0.4) is 0 Å². The van der Waals surface area contributed by atoms with Gasteiger partial charge < -0.3 is 51.7 Å². The minimum atomic E-state index is -0.913. The second kappa shape index (κ2) is 20.6. The Morgan fingerprint density at radius 1 is 0.625 bits per heavy atom. The highest BCUT2D eigenvalue weighted by Gasteiger charge is 2.40. The lowest BCUT2D eigenvalue weighted by Gasteiger charge is -2.39. The van der Waals surface area contributed by atoms with Gasteiger partial charge in [0.1, 0.15) is 35.6 Å². The van der Waals surface area contributed by atoms with E-state index >= 15 is 0 Å². The quantitative estimate of drug-likeness (QED) is 0.0809. The van der Waals surface area contributed by atoms with Gasteiger partial charge in [-0.3, -0.25) is 9.59 Å². The molecule has 64 heavy (non-hydrogen) atoms. The summed E-state index contributed by atoms with van der Waals surface area (Å²) in [4.78, 5) is 58.9. The number of H-pyrrole nitrogens is 2. The maximum atomic E-state index is 13.3. The molecule has 2 fully saturated rings. The van der Waals surface area contributed by atoms with Crippen molar-refractivity contribution in [3.63, 3.8) is 0 Å². The lowest BCUT2D eigenvalue weighted by molar-refractivity contribution is -0.128. The minimum Gasteiger partial charge on any atom is -0.356 e. The number of rotatable bonds is 14. The number of piperidine rings is 2. The lowest BCUT2D eigenvalue weighted by atomic mass is 9.87. The summed E-state index contributed by atoms with van der Waals surface area (Å²) in [5, 5.41) is 9.74. The van der Waals surface area contributed by atoms with Crippen LogP contribution in [-0.2, 0) is 9.59 Å². The third-order valence-corrected chi connectivity index (χ3v) is 12.9. The van der Waals surface area contributed by atoms with Crippen LogP contribution in [0.15, 0.2) is 85.7 Å². The van der Waals surface area contributed by atoms with Crippen LogP contribution < -0.4 is 31.9 Å². The van der Waals surface area contributed by atoms with Gasteiger partial charge in [-0.05, 0) is 127 Å². The molecule has 6 aromatic rings. The number of carbonyl (C=O) groups is 2.